The summed E-state index contributed by atoms with van der Waals surface area (Å²) in [6, 6.07) is 21.1. The lowest BCUT2D eigenvalue weighted by Gasteiger charge is -2.21. The minimum atomic E-state index is -0.575. The lowest BCUT2D eigenvalue weighted by atomic mass is 9.89. The number of rotatable bonds is 5. The second kappa shape index (κ2) is 9.88. The number of hydrogen-bond acceptors (Lipinski definition) is 3. The Hall–Kier alpha value is -3.08. The fraction of sp³-hybridized carbons (Fsp3) is 0.241. The van der Waals surface area contributed by atoms with Crippen LogP contribution in [0.15, 0.2) is 66.7 Å². The molecule has 0 N–H and O–H groups in total. The van der Waals surface area contributed by atoms with Gasteiger partial charge in [-0.15, -0.1) is 0 Å². The van der Waals surface area contributed by atoms with Crippen molar-refractivity contribution in [1.29, 1.82) is 0 Å². The van der Waals surface area contributed by atoms with E-state index < -0.39 is 5.97 Å². The van der Waals surface area contributed by atoms with Crippen molar-refractivity contribution < 1.29 is 9.53 Å². The lowest BCUT2D eigenvalue weighted by Crippen LogP contribution is -2.17. The number of nitrogens with zero attached hydrogens (tertiary/aromatic N) is 2. The highest BCUT2D eigenvalue weighted by Gasteiger charge is 2.26. The number of aromatic nitrogens is 2. The van der Waals surface area contributed by atoms with Crippen LogP contribution in [0.3, 0.4) is 0 Å². The molecular formula is C29H26Cl2N2O2. The summed E-state index contributed by atoms with van der Waals surface area (Å²) in [5.41, 5.74) is 6.65. The molecular weight excluding hydrogens is 479 g/mol. The summed E-state index contributed by atoms with van der Waals surface area (Å²) in [4.78, 5) is 13.3. The van der Waals surface area contributed by atoms with Crippen LogP contribution in [-0.2, 0) is 12.8 Å². The van der Waals surface area contributed by atoms with Gasteiger partial charge in [-0.1, -0.05) is 71.7 Å². The third kappa shape index (κ3) is 4.73. The summed E-state index contributed by atoms with van der Waals surface area (Å²) in [5.74, 6) is -0.187. The molecule has 6 heteroatoms. The van der Waals surface area contributed by atoms with Crippen molar-refractivity contribution in [2.75, 3.05) is 0 Å². The Bertz CT molecular complexity index is 1400. The number of carbonyl (C=O) groups is 1. The molecule has 178 valence electrons. The Labute approximate surface area is 215 Å². The molecule has 1 aliphatic carbocycles. The maximum absolute atomic E-state index is 13.3. The van der Waals surface area contributed by atoms with Crippen molar-refractivity contribution in [1.82, 2.24) is 9.78 Å². The van der Waals surface area contributed by atoms with Gasteiger partial charge < -0.3 is 4.74 Å². The smallest absolute Gasteiger partial charge is 0.346 e. The third-order valence-corrected chi connectivity index (χ3v) is 7.23. The Morgan fingerprint density at radius 3 is 2.49 bits per heavy atom. The standard InChI is InChI=1S/C29H26Cl2N2O2/c1-18-27(21-9-4-3-5-10-21)28(35-29(34)25-17-24(30)14-15-26(25)31)33(32-18)19(2)22-13-12-20-8-6-7-11-23(20)16-22/h3-5,9-10,12-17,19H,6-8,11H2,1-2H3. The molecule has 0 aliphatic heterocycles. The Morgan fingerprint density at radius 1 is 0.971 bits per heavy atom. The summed E-state index contributed by atoms with van der Waals surface area (Å²) in [6.45, 7) is 4.01. The van der Waals surface area contributed by atoms with Crippen molar-refractivity contribution in [3.63, 3.8) is 0 Å². The zero-order valence-electron chi connectivity index (χ0n) is 19.7. The summed E-state index contributed by atoms with van der Waals surface area (Å²) in [6.07, 6.45) is 4.69. The first kappa shape index (κ1) is 23.7. The van der Waals surface area contributed by atoms with Gasteiger partial charge in [0.2, 0.25) is 5.88 Å². The number of esters is 1. The molecule has 0 spiro atoms. The topological polar surface area (TPSA) is 44.1 Å². The van der Waals surface area contributed by atoms with Crippen LogP contribution in [0.4, 0.5) is 0 Å². The SMILES string of the molecule is Cc1nn(C(C)c2ccc3c(c2)CCCC3)c(OC(=O)c2cc(Cl)ccc2Cl)c1-c1ccccc1. The van der Waals surface area contributed by atoms with E-state index in [2.05, 4.69) is 25.1 Å². The average Bonchev–Trinajstić information content (AvgIpc) is 3.20. The maximum atomic E-state index is 13.3. The summed E-state index contributed by atoms with van der Waals surface area (Å²) >= 11 is 12.4. The second-order valence-corrected chi connectivity index (χ2v) is 9.84. The van der Waals surface area contributed by atoms with Gasteiger partial charge >= 0.3 is 5.97 Å². The van der Waals surface area contributed by atoms with E-state index >= 15 is 0 Å². The molecule has 0 amide bonds. The molecule has 1 aliphatic rings. The number of benzene rings is 3. The molecule has 0 radical (unpaired) electrons. The van der Waals surface area contributed by atoms with E-state index in [9.17, 15) is 4.79 Å². The van der Waals surface area contributed by atoms with Gasteiger partial charge in [0.25, 0.3) is 0 Å². The fourth-order valence-electron chi connectivity index (χ4n) is 4.77. The monoisotopic (exact) mass is 504 g/mol. The highest BCUT2D eigenvalue weighted by atomic mass is 35.5. The molecule has 3 aromatic carbocycles. The van der Waals surface area contributed by atoms with Crippen LogP contribution in [0.25, 0.3) is 11.1 Å². The van der Waals surface area contributed by atoms with Crippen LogP contribution in [-0.4, -0.2) is 15.7 Å². The lowest BCUT2D eigenvalue weighted by molar-refractivity contribution is 0.0718. The highest BCUT2D eigenvalue weighted by Crippen LogP contribution is 2.38. The van der Waals surface area contributed by atoms with E-state index in [1.54, 1.807) is 16.8 Å². The van der Waals surface area contributed by atoms with Crippen LogP contribution in [0.1, 0.15) is 58.5 Å². The van der Waals surface area contributed by atoms with Gasteiger partial charge in [-0.2, -0.15) is 5.10 Å². The first-order valence-electron chi connectivity index (χ1n) is 11.9. The van der Waals surface area contributed by atoms with Crippen LogP contribution in [0, 0.1) is 6.92 Å². The first-order valence-corrected chi connectivity index (χ1v) is 12.6. The van der Waals surface area contributed by atoms with E-state index in [0.717, 1.165) is 35.2 Å². The van der Waals surface area contributed by atoms with E-state index in [4.69, 9.17) is 33.0 Å². The zero-order chi connectivity index (χ0) is 24.5. The van der Waals surface area contributed by atoms with Gasteiger partial charge in [-0.3, -0.25) is 0 Å². The summed E-state index contributed by atoms with van der Waals surface area (Å²) in [5, 5.41) is 5.54. The Morgan fingerprint density at radius 2 is 1.71 bits per heavy atom. The van der Waals surface area contributed by atoms with Crippen LogP contribution in [0.5, 0.6) is 5.88 Å². The molecule has 4 nitrogen and oxygen atoms in total. The second-order valence-electron chi connectivity index (χ2n) is 9.00. The van der Waals surface area contributed by atoms with E-state index in [-0.39, 0.29) is 16.6 Å². The molecule has 1 aromatic heterocycles. The van der Waals surface area contributed by atoms with Crippen molar-refractivity contribution in [2.24, 2.45) is 0 Å². The predicted molar refractivity (Wildman–Crippen MR) is 141 cm³/mol. The van der Waals surface area contributed by atoms with Gasteiger partial charge in [-0.05, 0) is 80.0 Å². The van der Waals surface area contributed by atoms with Crippen LogP contribution < -0.4 is 4.74 Å². The maximum Gasteiger partial charge on any atom is 0.346 e. The van der Waals surface area contributed by atoms with Crippen molar-refractivity contribution in [2.45, 2.75) is 45.6 Å². The molecule has 4 aromatic rings. The minimum Gasteiger partial charge on any atom is -0.403 e. The van der Waals surface area contributed by atoms with Gasteiger partial charge in [0.1, 0.15) is 0 Å². The van der Waals surface area contributed by atoms with Crippen LogP contribution in [0.2, 0.25) is 10.0 Å². The Balaban J connectivity index is 1.60. The van der Waals surface area contributed by atoms with Crippen molar-refractivity contribution in [3.8, 4) is 17.0 Å². The first-order chi connectivity index (χ1) is 16.9. The molecule has 1 atom stereocenters. The van der Waals surface area contributed by atoms with Gasteiger partial charge in [-0.25, -0.2) is 9.48 Å². The number of hydrogen-bond donors (Lipinski definition) is 0. The highest BCUT2D eigenvalue weighted by molar-refractivity contribution is 6.35. The minimum absolute atomic E-state index is 0.143. The number of carbonyl (C=O) groups excluding carboxylic acids is 1. The van der Waals surface area contributed by atoms with E-state index in [0.29, 0.717) is 10.9 Å². The molecule has 5 rings (SSSR count). The summed E-state index contributed by atoms with van der Waals surface area (Å²) < 4.78 is 7.85. The van der Waals surface area contributed by atoms with Gasteiger partial charge in [0.05, 0.1) is 27.9 Å². The molecule has 0 saturated carbocycles. The average molecular weight is 505 g/mol. The molecule has 1 heterocycles. The number of aryl methyl sites for hydroxylation is 3. The largest absolute Gasteiger partial charge is 0.403 e. The molecule has 0 saturated heterocycles. The normalized spacial score (nSPS) is 13.8. The van der Waals surface area contributed by atoms with E-state index in [1.165, 1.54) is 30.0 Å². The summed E-state index contributed by atoms with van der Waals surface area (Å²) in [7, 11) is 0. The van der Waals surface area contributed by atoms with Gasteiger partial charge in [0.15, 0.2) is 0 Å². The van der Waals surface area contributed by atoms with Gasteiger partial charge in [0, 0.05) is 5.02 Å². The predicted octanol–water partition coefficient (Wildman–Crippen LogP) is 7.87. The Kier molecular flexibility index (Phi) is 6.68. The number of halogens is 2. The number of fused-ring (bicyclic) bond motifs is 1. The van der Waals surface area contributed by atoms with Crippen molar-refractivity contribution >= 4 is 29.2 Å². The zero-order valence-corrected chi connectivity index (χ0v) is 21.2. The van der Waals surface area contributed by atoms with Crippen molar-refractivity contribution in [3.05, 3.63) is 105 Å². The molecule has 0 fully saturated rings. The quantitative estimate of drug-likeness (QED) is 0.259. The fourth-order valence-corrected chi connectivity index (χ4v) is 5.14. The molecule has 35 heavy (non-hydrogen) atoms. The van der Waals surface area contributed by atoms with Crippen LogP contribution >= 0.6 is 23.2 Å². The number of ether oxygens (including phenoxy) is 1. The van der Waals surface area contributed by atoms with E-state index in [1.807, 2.05) is 37.3 Å². The molecule has 1 unspecified atom stereocenters. The molecule has 0 bridgehead atoms. The third-order valence-electron chi connectivity index (χ3n) is 6.66.